The first-order chi connectivity index (χ1) is 9.37. The van der Waals surface area contributed by atoms with Crippen molar-refractivity contribution in [1.29, 1.82) is 0 Å². The van der Waals surface area contributed by atoms with Gasteiger partial charge in [-0.2, -0.15) is 4.31 Å². The molecule has 0 spiro atoms. The number of carbonyl (C=O) groups excluding carboxylic acids is 1. The highest BCUT2D eigenvalue weighted by Gasteiger charge is 2.36. The molecular formula is C13H19N3O3S. The minimum atomic E-state index is -3.67. The number of hydrogen-bond acceptors (Lipinski definition) is 4. The van der Waals surface area contributed by atoms with E-state index in [4.69, 9.17) is 5.73 Å². The van der Waals surface area contributed by atoms with E-state index < -0.39 is 16.1 Å². The van der Waals surface area contributed by atoms with E-state index in [-0.39, 0.29) is 17.3 Å². The van der Waals surface area contributed by atoms with E-state index in [9.17, 15) is 13.2 Å². The van der Waals surface area contributed by atoms with Gasteiger partial charge in [0, 0.05) is 19.6 Å². The summed E-state index contributed by atoms with van der Waals surface area (Å²) in [7, 11) is -3.67. The number of amides is 1. The summed E-state index contributed by atoms with van der Waals surface area (Å²) < 4.78 is 26.6. The molecule has 2 rings (SSSR count). The minimum Gasteiger partial charge on any atom is -0.353 e. The highest BCUT2D eigenvalue weighted by molar-refractivity contribution is 7.89. The molecular weight excluding hydrogens is 278 g/mol. The summed E-state index contributed by atoms with van der Waals surface area (Å²) in [5.74, 6) is -0.268. The van der Waals surface area contributed by atoms with Crippen molar-refractivity contribution in [3.8, 4) is 0 Å². The zero-order chi connectivity index (χ0) is 14.9. The van der Waals surface area contributed by atoms with Crippen molar-refractivity contribution in [2.45, 2.75) is 31.3 Å². The van der Waals surface area contributed by atoms with Crippen LogP contribution in [0.25, 0.3) is 0 Å². The maximum Gasteiger partial charge on any atom is 0.244 e. The fraction of sp³-hybridized carbons (Fsp3) is 0.462. The Bertz CT molecular complexity index is 628. The molecule has 1 aromatic carbocycles. The fourth-order valence-corrected chi connectivity index (χ4v) is 4.15. The van der Waals surface area contributed by atoms with Gasteiger partial charge in [0.2, 0.25) is 15.9 Å². The average Bonchev–Trinajstić information content (AvgIpc) is 2.41. The van der Waals surface area contributed by atoms with Crippen LogP contribution in [-0.4, -0.2) is 37.8 Å². The molecule has 0 saturated carbocycles. The van der Waals surface area contributed by atoms with Gasteiger partial charge in [-0.05, 0) is 31.0 Å². The first-order valence-corrected chi connectivity index (χ1v) is 7.91. The number of nitrogens with one attached hydrogen (secondary N) is 1. The summed E-state index contributed by atoms with van der Waals surface area (Å²) in [5, 5.41) is 2.66. The Kier molecular flexibility index (Phi) is 4.12. The van der Waals surface area contributed by atoms with Crippen molar-refractivity contribution < 1.29 is 13.2 Å². The summed E-state index contributed by atoms with van der Waals surface area (Å²) in [5.41, 5.74) is 7.07. The molecule has 1 atom stereocenters. The van der Waals surface area contributed by atoms with Crippen LogP contribution >= 0.6 is 0 Å². The molecule has 7 heteroatoms. The van der Waals surface area contributed by atoms with E-state index in [1.807, 2.05) is 0 Å². The maximum atomic E-state index is 12.7. The molecule has 0 radical (unpaired) electrons. The average molecular weight is 297 g/mol. The molecule has 20 heavy (non-hydrogen) atoms. The van der Waals surface area contributed by atoms with E-state index >= 15 is 0 Å². The van der Waals surface area contributed by atoms with Gasteiger partial charge in [-0.1, -0.05) is 12.1 Å². The number of carbonyl (C=O) groups is 1. The maximum absolute atomic E-state index is 12.7. The third-order valence-corrected chi connectivity index (χ3v) is 5.63. The van der Waals surface area contributed by atoms with Crippen LogP contribution in [0.4, 0.5) is 0 Å². The van der Waals surface area contributed by atoms with Crippen LogP contribution in [0.3, 0.4) is 0 Å². The van der Waals surface area contributed by atoms with Crippen LogP contribution in [0.1, 0.15) is 18.1 Å². The third kappa shape index (κ3) is 2.56. The second-order valence-electron chi connectivity index (χ2n) is 4.89. The topological polar surface area (TPSA) is 92.5 Å². The second kappa shape index (κ2) is 5.51. The van der Waals surface area contributed by atoms with Crippen molar-refractivity contribution in [2.24, 2.45) is 5.73 Å². The number of aryl methyl sites for hydroxylation is 1. The molecule has 1 aromatic rings. The minimum absolute atomic E-state index is 0.233. The van der Waals surface area contributed by atoms with Gasteiger partial charge in [-0.3, -0.25) is 4.79 Å². The van der Waals surface area contributed by atoms with Gasteiger partial charge in [0.25, 0.3) is 0 Å². The number of piperazine rings is 1. The van der Waals surface area contributed by atoms with E-state index in [1.54, 1.807) is 32.0 Å². The zero-order valence-corrected chi connectivity index (χ0v) is 12.4. The Morgan fingerprint density at radius 3 is 2.75 bits per heavy atom. The standard InChI is InChI=1S/C13H19N3O3S/c1-9-7-11(8-14)3-4-12(9)20(18,19)16-6-5-15-13(17)10(16)2/h3-4,7,10H,5-6,8,14H2,1-2H3,(H,15,17). The van der Waals surface area contributed by atoms with Crippen molar-refractivity contribution in [3.63, 3.8) is 0 Å². The summed E-state index contributed by atoms with van der Waals surface area (Å²) in [6.45, 7) is 4.32. The lowest BCUT2D eigenvalue weighted by Gasteiger charge is -2.32. The Hall–Kier alpha value is -1.44. The normalized spacial score (nSPS) is 20.8. The van der Waals surface area contributed by atoms with Crippen molar-refractivity contribution in [3.05, 3.63) is 29.3 Å². The largest absolute Gasteiger partial charge is 0.353 e. The predicted octanol–water partition coefficient (Wildman–Crippen LogP) is -0.0373. The van der Waals surface area contributed by atoms with E-state index in [0.29, 0.717) is 18.7 Å². The molecule has 1 saturated heterocycles. The number of benzene rings is 1. The van der Waals surface area contributed by atoms with Gasteiger partial charge < -0.3 is 11.1 Å². The lowest BCUT2D eigenvalue weighted by atomic mass is 10.1. The third-order valence-electron chi connectivity index (χ3n) is 3.50. The summed E-state index contributed by atoms with van der Waals surface area (Å²) in [6.07, 6.45) is 0. The van der Waals surface area contributed by atoms with Crippen LogP contribution < -0.4 is 11.1 Å². The SMILES string of the molecule is Cc1cc(CN)ccc1S(=O)(=O)N1CCNC(=O)C1C. The van der Waals surface area contributed by atoms with Crippen LogP contribution in [0.5, 0.6) is 0 Å². The van der Waals surface area contributed by atoms with Gasteiger partial charge in [-0.15, -0.1) is 0 Å². The highest BCUT2D eigenvalue weighted by atomic mass is 32.2. The molecule has 1 unspecified atom stereocenters. The van der Waals surface area contributed by atoms with Crippen LogP contribution in [0, 0.1) is 6.92 Å². The number of nitrogens with two attached hydrogens (primary N) is 1. The first-order valence-electron chi connectivity index (χ1n) is 6.47. The smallest absolute Gasteiger partial charge is 0.244 e. The molecule has 1 aliphatic heterocycles. The van der Waals surface area contributed by atoms with Crippen molar-refractivity contribution >= 4 is 15.9 Å². The van der Waals surface area contributed by atoms with Crippen LogP contribution in [0.15, 0.2) is 23.1 Å². The predicted molar refractivity (Wildman–Crippen MR) is 75.4 cm³/mol. The zero-order valence-electron chi connectivity index (χ0n) is 11.6. The van der Waals surface area contributed by atoms with Crippen molar-refractivity contribution in [2.75, 3.05) is 13.1 Å². The van der Waals surface area contributed by atoms with E-state index in [1.165, 1.54) is 4.31 Å². The lowest BCUT2D eigenvalue weighted by molar-refractivity contribution is -0.126. The van der Waals surface area contributed by atoms with Gasteiger partial charge in [-0.25, -0.2) is 8.42 Å². The Morgan fingerprint density at radius 1 is 1.45 bits per heavy atom. The van der Waals surface area contributed by atoms with Crippen LogP contribution in [-0.2, 0) is 21.4 Å². The molecule has 0 aliphatic carbocycles. The number of nitrogens with zero attached hydrogens (tertiary/aromatic N) is 1. The van der Waals surface area contributed by atoms with E-state index in [0.717, 1.165) is 5.56 Å². The molecule has 1 amide bonds. The van der Waals surface area contributed by atoms with Crippen LogP contribution in [0.2, 0.25) is 0 Å². The quantitative estimate of drug-likeness (QED) is 0.819. The van der Waals surface area contributed by atoms with Gasteiger partial charge in [0.15, 0.2) is 0 Å². The lowest BCUT2D eigenvalue weighted by Crippen LogP contribution is -2.55. The molecule has 6 nitrogen and oxygen atoms in total. The number of rotatable bonds is 3. The molecule has 1 fully saturated rings. The van der Waals surface area contributed by atoms with Gasteiger partial charge in [0.05, 0.1) is 4.90 Å². The highest BCUT2D eigenvalue weighted by Crippen LogP contribution is 2.23. The first kappa shape index (κ1) is 15.0. The molecule has 0 bridgehead atoms. The number of hydrogen-bond donors (Lipinski definition) is 2. The number of sulfonamides is 1. The molecule has 110 valence electrons. The summed E-state index contributed by atoms with van der Waals surface area (Å²) >= 11 is 0. The molecule has 1 aliphatic rings. The molecule has 1 heterocycles. The Labute approximate surface area is 119 Å². The fourth-order valence-electron chi connectivity index (χ4n) is 2.34. The van der Waals surface area contributed by atoms with Gasteiger partial charge in [0.1, 0.15) is 6.04 Å². The summed E-state index contributed by atoms with van der Waals surface area (Å²) in [4.78, 5) is 11.9. The van der Waals surface area contributed by atoms with Crippen molar-refractivity contribution in [1.82, 2.24) is 9.62 Å². The Balaban J connectivity index is 2.42. The summed E-state index contributed by atoms with van der Waals surface area (Å²) in [6, 6.07) is 4.34. The van der Waals surface area contributed by atoms with Gasteiger partial charge >= 0.3 is 0 Å². The molecule has 0 aromatic heterocycles. The van der Waals surface area contributed by atoms with E-state index in [2.05, 4.69) is 5.32 Å². The molecule has 3 N–H and O–H groups in total. The second-order valence-corrected chi connectivity index (χ2v) is 6.75. The Morgan fingerprint density at radius 2 is 2.15 bits per heavy atom. The monoisotopic (exact) mass is 297 g/mol.